The number of allylic oxidation sites excluding steroid dienone is 2. The first kappa shape index (κ1) is 15.9. The van der Waals surface area contributed by atoms with Gasteiger partial charge in [-0.1, -0.05) is 39.3 Å². The van der Waals surface area contributed by atoms with Gasteiger partial charge in [-0.25, -0.2) is 0 Å². The molecule has 0 amide bonds. The van der Waals surface area contributed by atoms with Gasteiger partial charge in [0.1, 0.15) is 0 Å². The highest BCUT2D eigenvalue weighted by molar-refractivity contribution is 7.52. The zero-order valence-electron chi connectivity index (χ0n) is 12.2. The Balaban J connectivity index is 3.24. The Hall–Kier alpha value is -0.110. The Morgan fingerprint density at radius 1 is 1.39 bits per heavy atom. The first-order chi connectivity index (χ1) is 8.18. The van der Waals surface area contributed by atoms with Crippen molar-refractivity contribution in [3.8, 4) is 0 Å². The van der Waals surface area contributed by atoms with E-state index in [4.69, 9.17) is 0 Å². The van der Waals surface area contributed by atoms with Crippen LogP contribution in [-0.2, 0) is 4.57 Å². The van der Waals surface area contributed by atoms with Gasteiger partial charge < -0.3 is 9.79 Å². The largest absolute Gasteiger partial charge is 0.332 e. The summed E-state index contributed by atoms with van der Waals surface area (Å²) in [5.74, 6) is 0.803. The lowest BCUT2D eigenvalue weighted by Gasteiger charge is -2.46. The molecular formula is C14H27O3P. The summed E-state index contributed by atoms with van der Waals surface area (Å²) in [7, 11) is -4.02. The Bertz CT molecular complexity index is 363. The van der Waals surface area contributed by atoms with Crippen LogP contribution in [-0.4, -0.2) is 15.4 Å². The molecule has 2 atom stereocenters. The van der Waals surface area contributed by atoms with Crippen molar-refractivity contribution in [1.29, 1.82) is 0 Å². The van der Waals surface area contributed by atoms with Crippen molar-refractivity contribution in [3.05, 3.63) is 11.6 Å². The van der Waals surface area contributed by atoms with Gasteiger partial charge in [0.25, 0.3) is 0 Å². The van der Waals surface area contributed by atoms with E-state index in [0.717, 1.165) is 18.4 Å². The highest BCUT2D eigenvalue weighted by atomic mass is 31.2. The molecule has 0 saturated heterocycles. The van der Waals surface area contributed by atoms with Gasteiger partial charge in [-0.05, 0) is 43.4 Å². The standard InChI is InChI=1S/C14H27O3P/c1-6-14(7-2)9-11(5)13(18(15,16)17)8-12(14)10(3)4/h9-10,12-13H,6-8H2,1-5H3,(H2,15,16,17). The van der Waals surface area contributed by atoms with E-state index in [-0.39, 0.29) is 5.41 Å². The van der Waals surface area contributed by atoms with Crippen LogP contribution in [0.25, 0.3) is 0 Å². The molecule has 0 aromatic carbocycles. The summed E-state index contributed by atoms with van der Waals surface area (Å²) in [6.45, 7) is 10.6. The predicted molar refractivity (Wildman–Crippen MR) is 75.5 cm³/mol. The molecule has 106 valence electrons. The average molecular weight is 274 g/mol. The van der Waals surface area contributed by atoms with Crippen molar-refractivity contribution >= 4 is 7.60 Å². The minimum Gasteiger partial charge on any atom is -0.324 e. The topological polar surface area (TPSA) is 57.5 Å². The molecule has 0 fully saturated rings. The molecular weight excluding hydrogens is 247 g/mol. The molecule has 0 aromatic heterocycles. The molecule has 4 heteroatoms. The van der Waals surface area contributed by atoms with Gasteiger partial charge in [-0.15, -0.1) is 0 Å². The molecule has 1 rings (SSSR count). The third-order valence-electron chi connectivity index (χ3n) is 4.78. The quantitative estimate of drug-likeness (QED) is 0.602. The summed E-state index contributed by atoms with van der Waals surface area (Å²) in [6, 6.07) is 0. The molecule has 0 aliphatic heterocycles. The Morgan fingerprint density at radius 2 is 1.89 bits per heavy atom. The molecule has 1 aliphatic carbocycles. The van der Waals surface area contributed by atoms with Crippen LogP contribution in [0.5, 0.6) is 0 Å². The Kier molecular flexibility index (Phi) is 4.86. The second-order valence-electron chi connectivity index (χ2n) is 6.02. The van der Waals surface area contributed by atoms with Gasteiger partial charge in [0.05, 0.1) is 5.66 Å². The van der Waals surface area contributed by atoms with E-state index in [1.54, 1.807) is 0 Å². The van der Waals surface area contributed by atoms with Crippen LogP contribution in [0.15, 0.2) is 11.6 Å². The van der Waals surface area contributed by atoms with Crippen LogP contribution in [0.3, 0.4) is 0 Å². The van der Waals surface area contributed by atoms with Crippen LogP contribution in [0.4, 0.5) is 0 Å². The Morgan fingerprint density at radius 3 is 2.22 bits per heavy atom. The van der Waals surface area contributed by atoms with Crippen molar-refractivity contribution in [1.82, 2.24) is 0 Å². The summed E-state index contributed by atoms with van der Waals surface area (Å²) in [5.41, 5.74) is 0.421. The van der Waals surface area contributed by atoms with Crippen molar-refractivity contribution in [2.45, 2.75) is 59.5 Å². The van der Waals surface area contributed by atoms with Crippen molar-refractivity contribution in [3.63, 3.8) is 0 Å². The molecule has 0 bridgehead atoms. The van der Waals surface area contributed by atoms with Crippen LogP contribution < -0.4 is 0 Å². The van der Waals surface area contributed by atoms with E-state index in [1.165, 1.54) is 0 Å². The molecule has 0 heterocycles. The van der Waals surface area contributed by atoms with Gasteiger partial charge in [-0.2, -0.15) is 0 Å². The molecule has 2 N–H and O–H groups in total. The minimum absolute atomic E-state index is 0.115. The van der Waals surface area contributed by atoms with Gasteiger partial charge in [0, 0.05) is 0 Å². The fourth-order valence-electron chi connectivity index (χ4n) is 3.63. The highest BCUT2D eigenvalue weighted by Crippen LogP contribution is 2.56. The first-order valence-electron chi connectivity index (χ1n) is 6.92. The van der Waals surface area contributed by atoms with Crippen LogP contribution in [0.1, 0.15) is 53.9 Å². The molecule has 0 aromatic rings. The Labute approximate surface area is 111 Å². The predicted octanol–water partition coefficient (Wildman–Crippen LogP) is 3.96. The maximum absolute atomic E-state index is 11.6. The van der Waals surface area contributed by atoms with Gasteiger partial charge in [0.15, 0.2) is 0 Å². The maximum atomic E-state index is 11.6. The van der Waals surface area contributed by atoms with E-state index in [2.05, 4.69) is 33.8 Å². The zero-order chi connectivity index (χ0) is 14.1. The molecule has 0 saturated carbocycles. The van der Waals surface area contributed by atoms with Gasteiger partial charge in [0.2, 0.25) is 0 Å². The maximum Gasteiger partial charge on any atom is 0.332 e. The summed E-state index contributed by atoms with van der Waals surface area (Å²) < 4.78 is 11.6. The number of hydrogen-bond acceptors (Lipinski definition) is 1. The van der Waals surface area contributed by atoms with E-state index in [1.807, 2.05) is 6.92 Å². The van der Waals surface area contributed by atoms with Gasteiger partial charge in [-0.3, -0.25) is 4.57 Å². The second-order valence-corrected chi connectivity index (χ2v) is 7.82. The fraction of sp³-hybridized carbons (Fsp3) is 0.857. The molecule has 1 aliphatic rings. The SMILES string of the molecule is CCC1(CC)C=C(C)C(P(=O)(O)O)CC1C(C)C. The monoisotopic (exact) mass is 274 g/mol. The summed E-state index contributed by atoms with van der Waals surface area (Å²) in [4.78, 5) is 19.0. The first-order valence-corrected chi connectivity index (χ1v) is 8.60. The number of hydrogen-bond donors (Lipinski definition) is 2. The van der Waals surface area contributed by atoms with Crippen molar-refractivity contribution in [2.24, 2.45) is 17.3 Å². The smallest absolute Gasteiger partial charge is 0.324 e. The molecule has 0 spiro atoms. The summed E-state index contributed by atoms with van der Waals surface area (Å²) >= 11 is 0. The molecule has 18 heavy (non-hydrogen) atoms. The third-order valence-corrected chi connectivity index (χ3v) is 6.21. The number of rotatable bonds is 4. The van der Waals surface area contributed by atoms with E-state index in [9.17, 15) is 14.4 Å². The second kappa shape index (κ2) is 5.48. The zero-order valence-corrected chi connectivity index (χ0v) is 13.1. The molecule has 2 unspecified atom stereocenters. The van der Waals surface area contributed by atoms with Crippen molar-refractivity contribution in [2.75, 3.05) is 0 Å². The lowest BCUT2D eigenvalue weighted by atomic mass is 9.61. The lowest BCUT2D eigenvalue weighted by molar-refractivity contribution is 0.130. The normalized spacial score (nSPS) is 28.3. The van der Waals surface area contributed by atoms with Crippen LogP contribution in [0, 0.1) is 17.3 Å². The third kappa shape index (κ3) is 2.89. The van der Waals surface area contributed by atoms with Gasteiger partial charge >= 0.3 is 7.60 Å². The highest BCUT2D eigenvalue weighted by Gasteiger charge is 2.45. The van der Waals surface area contributed by atoms with Crippen LogP contribution in [0.2, 0.25) is 0 Å². The summed E-state index contributed by atoms with van der Waals surface area (Å²) in [6.07, 6.45) is 4.85. The molecule has 0 radical (unpaired) electrons. The van der Waals surface area contributed by atoms with Crippen LogP contribution >= 0.6 is 7.60 Å². The average Bonchev–Trinajstić information content (AvgIpc) is 2.26. The van der Waals surface area contributed by atoms with E-state index < -0.39 is 13.3 Å². The van der Waals surface area contributed by atoms with E-state index >= 15 is 0 Å². The lowest BCUT2D eigenvalue weighted by Crippen LogP contribution is -2.38. The fourth-order valence-corrected chi connectivity index (χ4v) is 4.74. The summed E-state index contributed by atoms with van der Waals surface area (Å²) in [5, 5.41) is 0. The molecule has 3 nitrogen and oxygen atoms in total. The minimum atomic E-state index is -4.02. The van der Waals surface area contributed by atoms with E-state index in [0.29, 0.717) is 18.3 Å². The van der Waals surface area contributed by atoms with Crippen molar-refractivity contribution < 1.29 is 14.4 Å².